The minimum Gasteiger partial charge on any atom is -0.368 e. The third kappa shape index (κ3) is 2.61. The van der Waals surface area contributed by atoms with E-state index in [-0.39, 0.29) is 5.56 Å². The first kappa shape index (κ1) is 13.6. The van der Waals surface area contributed by atoms with Crippen LogP contribution in [0.1, 0.15) is 25.8 Å². The van der Waals surface area contributed by atoms with E-state index in [1.807, 2.05) is 6.92 Å². The Morgan fingerprint density at radius 2 is 2.12 bits per heavy atom. The van der Waals surface area contributed by atoms with Crippen LogP contribution in [-0.4, -0.2) is 12.5 Å². The molecule has 0 spiro atoms. The van der Waals surface area contributed by atoms with Gasteiger partial charge in [-0.25, -0.2) is 8.78 Å². The van der Waals surface area contributed by atoms with Gasteiger partial charge >= 0.3 is 0 Å². The zero-order valence-electron chi connectivity index (χ0n) is 9.89. The molecule has 17 heavy (non-hydrogen) atoms. The van der Waals surface area contributed by atoms with Crippen molar-refractivity contribution in [3.63, 3.8) is 0 Å². The molecule has 1 aromatic carbocycles. The van der Waals surface area contributed by atoms with Crippen LogP contribution in [0.5, 0.6) is 0 Å². The summed E-state index contributed by atoms with van der Waals surface area (Å²) < 4.78 is 26.8. The van der Waals surface area contributed by atoms with Gasteiger partial charge in [0.15, 0.2) is 11.6 Å². The molecule has 1 amide bonds. The van der Waals surface area contributed by atoms with E-state index in [9.17, 15) is 13.6 Å². The van der Waals surface area contributed by atoms with Crippen LogP contribution in [0.15, 0.2) is 18.2 Å². The Bertz CT molecular complexity index is 423. The fraction of sp³-hybridized carbons (Fsp3) is 0.417. The predicted molar refractivity (Wildman–Crippen MR) is 61.2 cm³/mol. The summed E-state index contributed by atoms with van der Waals surface area (Å²) in [5.74, 6) is -2.78. The highest BCUT2D eigenvalue weighted by atomic mass is 19.2. The Kier molecular flexibility index (Phi) is 4.17. The summed E-state index contributed by atoms with van der Waals surface area (Å²) in [5.41, 5.74) is 3.80. The van der Waals surface area contributed by atoms with E-state index in [0.717, 1.165) is 12.5 Å². The molecule has 0 saturated carbocycles. The molecule has 1 aromatic rings. The lowest BCUT2D eigenvalue weighted by Crippen LogP contribution is -2.51. The normalized spacial score (nSPS) is 14.4. The van der Waals surface area contributed by atoms with Crippen LogP contribution in [-0.2, 0) is 10.3 Å². The van der Waals surface area contributed by atoms with E-state index in [1.165, 1.54) is 19.1 Å². The van der Waals surface area contributed by atoms with Crippen molar-refractivity contribution in [2.24, 2.45) is 5.73 Å². The summed E-state index contributed by atoms with van der Waals surface area (Å²) in [6, 6.07) is 3.70. The topological polar surface area (TPSA) is 55.1 Å². The second kappa shape index (κ2) is 5.23. The molecule has 0 aromatic heterocycles. The highest BCUT2D eigenvalue weighted by Crippen LogP contribution is 2.24. The molecule has 3 N–H and O–H groups in total. The lowest BCUT2D eigenvalue weighted by Gasteiger charge is -2.28. The van der Waals surface area contributed by atoms with Crippen LogP contribution in [0.2, 0.25) is 0 Å². The SMILES string of the molecule is CCCNC(C)(C(N)=O)c1cccc(F)c1F. The standard InChI is InChI=1S/C12H16F2N2O/c1-3-7-16-12(2,11(15)17)8-5-4-6-9(13)10(8)14/h4-6,16H,3,7H2,1-2H3,(H2,15,17). The second-order valence-corrected chi connectivity index (χ2v) is 4.02. The maximum Gasteiger partial charge on any atom is 0.242 e. The fourth-order valence-corrected chi connectivity index (χ4v) is 1.58. The molecule has 0 aliphatic heterocycles. The average molecular weight is 242 g/mol. The molecule has 0 radical (unpaired) electrons. The van der Waals surface area contributed by atoms with Gasteiger partial charge in [-0.15, -0.1) is 0 Å². The smallest absolute Gasteiger partial charge is 0.242 e. The van der Waals surface area contributed by atoms with Crippen molar-refractivity contribution in [1.29, 1.82) is 0 Å². The van der Waals surface area contributed by atoms with Gasteiger partial charge in [0, 0.05) is 5.56 Å². The maximum absolute atomic E-state index is 13.7. The Labute approximate surface area is 99.0 Å². The monoisotopic (exact) mass is 242 g/mol. The third-order valence-electron chi connectivity index (χ3n) is 2.71. The van der Waals surface area contributed by atoms with Crippen LogP contribution in [0.3, 0.4) is 0 Å². The highest BCUT2D eigenvalue weighted by molar-refractivity contribution is 5.85. The van der Waals surface area contributed by atoms with E-state index in [2.05, 4.69) is 5.32 Å². The van der Waals surface area contributed by atoms with E-state index >= 15 is 0 Å². The molecule has 0 heterocycles. The number of rotatable bonds is 5. The number of carbonyl (C=O) groups is 1. The molecule has 1 unspecified atom stereocenters. The van der Waals surface area contributed by atoms with Crippen molar-refractivity contribution in [2.45, 2.75) is 25.8 Å². The fourth-order valence-electron chi connectivity index (χ4n) is 1.58. The van der Waals surface area contributed by atoms with Crippen molar-refractivity contribution in [3.8, 4) is 0 Å². The molecule has 94 valence electrons. The number of halogens is 2. The number of amides is 1. The molecule has 0 aliphatic rings. The van der Waals surface area contributed by atoms with Crippen molar-refractivity contribution in [2.75, 3.05) is 6.54 Å². The summed E-state index contributed by atoms with van der Waals surface area (Å²) in [7, 11) is 0. The number of primary amides is 1. The van der Waals surface area contributed by atoms with Gasteiger partial charge in [0.05, 0.1) is 0 Å². The van der Waals surface area contributed by atoms with Crippen LogP contribution >= 0.6 is 0 Å². The summed E-state index contributed by atoms with van der Waals surface area (Å²) in [5, 5.41) is 2.85. The van der Waals surface area contributed by atoms with Crippen molar-refractivity contribution >= 4 is 5.91 Å². The van der Waals surface area contributed by atoms with E-state index in [0.29, 0.717) is 6.54 Å². The summed E-state index contributed by atoms with van der Waals surface area (Å²) in [4.78, 5) is 11.5. The zero-order valence-corrected chi connectivity index (χ0v) is 9.89. The summed E-state index contributed by atoms with van der Waals surface area (Å²) >= 11 is 0. The number of hydrogen-bond donors (Lipinski definition) is 2. The van der Waals surface area contributed by atoms with Crippen LogP contribution in [0.25, 0.3) is 0 Å². The van der Waals surface area contributed by atoms with Crippen molar-refractivity contribution < 1.29 is 13.6 Å². The molecular weight excluding hydrogens is 226 g/mol. The van der Waals surface area contributed by atoms with Gasteiger partial charge in [0.25, 0.3) is 0 Å². The lowest BCUT2D eigenvalue weighted by atomic mass is 9.90. The number of hydrogen-bond acceptors (Lipinski definition) is 2. The first-order valence-corrected chi connectivity index (χ1v) is 5.43. The lowest BCUT2D eigenvalue weighted by molar-refractivity contribution is -0.124. The molecule has 3 nitrogen and oxygen atoms in total. The molecule has 0 saturated heterocycles. The van der Waals surface area contributed by atoms with Gasteiger partial charge in [0.2, 0.25) is 5.91 Å². The van der Waals surface area contributed by atoms with E-state index < -0.39 is 23.1 Å². The Morgan fingerprint density at radius 3 is 2.65 bits per heavy atom. The maximum atomic E-state index is 13.7. The minimum atomic E-state index is -1.40. The molecule has 0 bridgehead atoms. The first-order valence-electron chi connectivity index (χ1n) is 5.43. The van der Waals surface area contributed by atoms with Crippen LogP contribution < -0.4 is 11.1 Å². The van der Waals surface area contributed by atoms with Gasteiger partial charge < -0.3 is 5.73 Å². The van der Waals surface area contributed by atoms with E-state index in [4.69, 9.17) is 5.73 Å². The summed E-state index contributed by atoms with van der Waals surface area (Å²) in [6.07, 6.45) is 0.750. The van der Waals surface area contributed by atoms with Crippen molar-refractivity contribution in [1.82, 2.24) is 5.32 Å². The quantitative estimate of drug-likeness (QED) is 0.825. The Balaban J connectivity index is 3.22. The Morgan fingerprint density at radius 1 is 1.47 bits per heavy atom. The molecule has 1 atom stereocenters. The van der Waals surface area contributed by atoms with Crippen LogP contribution in [0.4, 0.5) is 8.78 Å². The largest absolute Gasteiger partial charge is 0.368 e. The molecule has 1 rings (SSSR count). The van der Waals surface area contributed by atoms with Gasteiger partial charge in [-0.2, -0.15) is 0 Å². The van der Waals surface area contributed by atoms with Gasteiger partial charge in [-0.05, 0) is 26.0 Å². The van der Waals surface area contributed by atoms with Gasteiger partial charge in [-0.1, -0.05) is 19.1 Å². The number of nitrogens with two attached hydrogens (primary N) is 1. The first-order chi connectivity index (χ1) is 7.93. The second-order valence-electron chi connectivity index (χ2n) is 4.02. The molecule has 5 heteroatoms. The Hall–Kier alpha value is -1.49. The van der Waals surface area contributed by atoms with Gasteiger partial charge in [0.1, 0.15) is 5.54 Å². The van der Waals surface area contributed by atoms with Crippen molar-refractivity contribution in [3.05, 3.63) is 35.4 Å². The highest BCUT2D eigenvalue weighted by Gasteiger charge is 2.35. The van der Waals surface area contributed by atoms with Crippen LogP contribution in [0, 0.1) is 11.6 Å². The molecule has 0 aliphatic carbocycles. The predicted octanol–water partition coefficient (Wildman–Crippen LogP) is 1.66. The summed E-state index contributed by atoms with van der Waals surface area (Å²) in [6.45, 7) is 3.83. The number of carbonyl (C=O) groups excluding carboxylic acids is 1. The third-order valence-corrected chi connectivity index (χ3v) is 2.71. The number of nitrogens with one attached hydrogen (secondary N) is 1. The molecular formula is C12H16F2N2O. The average Bonchev–Trinajstić information content (AvgIpc) is 2.29. The zero-order chi connectivity index (χ0) is 13.1. The minimum absolute atomic E-state index is 0.0709. The van der Waals surface area contributed by atoms with Gasteiger partial charge in [-0.3, -0.25) is 10.1 Å². The molecule has 0 fully saturated rings. The van der Waals surface area contributed by atoms with E-state index in [1.54, 1.807) is 0 Å². The number of benzene rings is 1.